The van der Waals surface area contributed by atoms with Gasteiger partial charge in [-0.15, -0.1) is 0 Å². The highest BCUT2D eigenvalue weighted by atomic mass is 16.3. The van der Waals surface area contributed by atoms with Crippen LogP contribution in [0.2, 0.25) is 0 Å². The SMILES string of the molecule is CCC(CC)C(C)NCC(C)(O)C(C)C. The van der Waals surface area contributed by atoms with Crippen LogP contribution in [0.25, 0.3) is 0 Å². The number of nitrogens with one attached hydrogen (secondary N) is 1. The van der Waals surface area contributed by atoms with Crippen molar-refractivity contribution in [3.8, 4) is 0 Å². The first-order valence-electron chi connectivity index (χ1n) is 6.30. The maximum absolute atomic E-state index is 10.1. The zero-order valence-corrected chi connectivity index (χ0v) is 11.3. The van der Waals surface area contributed by atoms with Gasteiger partial charge in [0.25, 0.3) is 0 Å². The number of hydrogen-bond acceptors (Lipinski definition) is 2. The molecule has 0 aliphatic heterocycles. The van der Waals surface area contributed by atoms with E-state index < -0.39 is 5.60 Å². The maximum Gasteiger partial charge on any atom is 0.0766 e. The molecule has 0 saturated carbocycles. The second kappa shape index (κ2) is 6.49. The molecule has 15 heavy (non-hydrogen) atoms. The van der Waals surface area contributed by atoms with Crippen molar-refractivity contribution < 1.29 is 5.11 Å². The van der Waals surface area contributed by atoms with E-state index in [9.17, 15) is 5.11 Å². The molecule has 0 fully saturated rings. The van der Waals surface area contributed by atoms with Gasteiger partial charge >= 0.3 is 0 Å². The van der Waals surface area contributed by atoms with Gasteiger partial charge in [-0.1, -0.05) is 40.5 Å². The summed E-state index contributed by atoms with van der Waals surface area (Å²) in [5, 5.41) is 13.6. The first-order valence-corrected chi connectivity index (χ1v) is 6.30. The molecule has 0 aromatic heterocycles. The van der Waals surface area contributed by atoms with Crippen LogP contribution in [0.1, 0.15) is 54.4 Å². The van der Waals surface area contributed by atoms with Gasteiger partial charge in [0.1, 0.15) is 0 Å². The van der Waals surface area contributed by atoms with E-state index in [1.807, 2.05) is 6.92 Å². The van der Waals surface area contributed by atoms with E-state index in [0.29, 0.717) is 24.4 Å². The molecule has 0 rings (SSSR count). The van der Waals surface area contributed by atoms with Crippen LogP contribution in [-0.4, -0.2) is 23.3 Å². The third-order valence-electron chi connectivity index (χ3n) is 3.78. The molecular weight excluding hydrogens is 186 g/mol. The van der Waals surface area contributed by atoms with Crippen molar-refractivity contribution in [1.29, 1.82) is 0 Å². The van der Waals surface area contributed by atoms with Crippen LogP contribution in [0.4, 0.5) is 0 Å². The standard InChI is InChI=1S/C13H29NO/c1-7-12(8-2)11(5)14-9-13(6,15)10(3)4/h10-12,14-15H,7-9H2,1-6H3. The van der Waals surface area contributed by atoms with Crippen molar-refractivity contribution in [2.45, 2.75) is 66.0 Å². The zero-order chi connectivity index (χ0) is 12.1. The predicted octanol–water partition coefficient (Wildman–Crippen LogP) is 2.81. The summed E-state index contributed by atoms with van der Waals surface area (Å²) in [5.41, 5.74) is -0.597. The highest BCUT2D eigenvalue weighted by molar-refractivity contribution is 4.81. The highest BCUT2D eigenvalue weighted by Crippen LogP contribution is 2.17. The zero-order valence-electron chi connectivity index (χ0n) is 11.3. The predicted molar refractivity (Wildman–Crippen MR) is 67.0 cm³/mol. The van der Waals surface area contributed by atoms with Gasteiger partial charge in [-0.3, -0.25) is 0 Å². The molecule has 2 atom stereocenters. The molecule has 0 spiro atoms. The molecule has 0 radical (unpaired) electrons. The second-order valence-corrected chi connectivity index (χ2v) is 5.26. The average molecular weight is 215 g/mol. The van der Waals surface area contributed by atoms with Gasteiger partial charge in [0, 0.05) is 12.6 Å². The Morgan fingerprint density at radius 2 is 1.60 bits per heavy atom. The van der Waals surface area contributed by atoms with E-state index in [1.54, 1.807) is 0 Å². The highest BCUT2D eigenvalue weighted by Gasteiger charge is 2.25. The third-order valence-corrected chi connectivity index (χ3v) is 3.78. The van der Waals surface area contributed by atoms with E-state index in [-0.39, 0.29) is 0 Å². The molecule has 0 aliphatic carbocycles. The third kappa shape index (κ3) is 4.98. The molecule has 0 amide bonds. The molecule has 0 aliphatic rings. The van der Waals surface area contributed by atoms with Gasteiger partial charge in [-0.2, -0.15) is 0 Å². The minimum absolute atomic E-state index is 0.291. The van der Waals surface area contributed by atoms with Crippen LogP contribution in [0.5, 0.6) is 0 Å². The summed E-state index contributed by atoms with van der Waals surface area (Å²) < 4.78 is 0. The molecule has 0 aromatic rings. The number of hydrogen-bond donors (Lipinski definition) is 2. The van der Waals surface area contributed by atoms with Crippen LogP contribution in [-0.2, 0) is 0 Å². The summed E-state index contributed by atoms with van der Waals surface area (Å²) >= 11 is 0. The molecule has 2 nitrogen and oxygen atoms in total. The molecular formula is C13H29NO. The lowest BCUT2D eigenvalue weighted by Gasteiger charge is -2.31. The normalized spacial score (nSPS) is 18.2. The molecule has 0 bridgehead atoms. The van der Waals surface area contributed by atoms with Crippen LogP contribution in [0.15, 0.2) is 0 Å². The van der Waals surface area contributed by atoms with E-state index in [1.165, 1.54) is 12.8 Å². The van der Waals surface area contributed by atoms with Crippen molar-refractivity contribution >= 4 is 0 Å². The van der Waals surface area contributed by atoms with Gasteiger partial charge in [-0.25, -0.2) is 0 Å². The maximum atomic E-state index is 10.1. The van der Waals surface area contributed by atoms with E-state index >= 15 is 0 Å². The van der Waals surface area contributed by atoms with E-state index in [4.69, 9.17) is 0 Å². The fraction of sp³-hybridized carbons (Fsp3) is 1.00. The molecule has 0 saturated heterocycles. The van der Waals surface area contributed by atoms with Gasteiger partial charge in [0.2, 0.25) is 0 Å². The van der Waals surface area contributed by atoms with Gasteiger partial charge < -0.3 is 10.4 Å². The minimum atomic E-state index is -0.597. The largest absolute Gasteiger partial charge is 0.389 e. The summed E-state index contributed by atoms with van der Waals surface area (Å²) in [6, 6.07) is 0.491. The van der Waals surface area contributed by atoms with E-state index in [0.717, 1.165) is 0 Å². The lowest BCUT2D eigenvalue weighted by atomic mass is 9.90. The summed E-state index contributed by atoms with van der Waals surface area (Å²) in [6.45, 7) is 13.4. The minimum Gasteiger partial charge on any atom is -0.389 e. The summed E-state index contributed by atoms with van der Waals surface area (Å²) in [6.07, 6.45) is 2.41. The topological polar surface area (TPSA) is 32.3 Å². The van der Waals surface area contributed by atoms with Gasteiger partial charge in [0.05, 0.1) is 5.60 Å². The quantitative estimate of drug-likeness (QED) is 0.684. The van der Waals surface area contributed by atoms with Crippen molar-refractivity contribution in [2.75, 3.05) is 6.54 Å². The van der Waals surface area contributed by atoms with E-state index in [2.05, 4.69) is 39.9 Å². The van der Waals surface area contributed by atoms with Crippen LogP contribution >= 0.6 is 0 Å². The van der Waals surface area contributed by atoms with Crippen molar-refractivity contribution in [3.05, 3.63) is 0 Å². The fourth-order valence-electron chi connectivity index (χ4n) is 1.73. The Morgan fingerprint density at radius 3 is 1.93 bits per heavy atom. The van der Waals surface area contributed by atoms with Crippen molar-refractivity contribution in [3.63, 3.8) is 0 Å². The van der Waals surface area contributed by atoms with Gasteiger partial charge in [0.15, 0.2) is 0 Å². The average Bonchev–Trinajstić information content (AvgIpc) is 2.16. The summed E-state index contributed by atoms with van der Waals surface area (Å²) in [5.74, 6) is 1.01. The van der Waals surface area contributed by atoms with Crippen molar-refractivity contribution in [1.82, 2.24) is 5.32 Å². The molecule has 0 heterocycles. The Morgan fingerprint density at radius 1 is 1.13 bits per heavy atom. The Hall–Kier alpha value is -0.0800. The van der Waals surface area contributed by atoms with Gasteiger partial charge in [-0.05, 0) is 25.7 Å². The first kappa shape index (κ1) is 14.9. The molecule has 2 unspecified atom stereocenters. The second-order valence-electron chi connectivity index (χ2n) is 5.26. The van der Waals surface area contributed by atoms with Crippen LogP contribution < -0.4 is 5.32 Å². The molecule has 2 N–H and O–H groups in total. The fourth-order valence-corrected chi connectivity index (χ4v) is 1.73. The Kier molecular flexibility index (Phi) is 6.46. The smallest absolute Gasteiger partial charge is 0.0766 e. The monoisotopic (exact) mass is 215 g/mol. The Labute approximate surface area is 95.5 Å². The van der Waals surface area contributed by atoms with Crippen LogP contribution in [0.3, 0.4) is 0 Å². The lowest BCUT2D eigenvalue weighted by Crippen LogP contribution is -2.46. The first-order chi connectivity index (χ1) is 6.85. The lowest BCUT2D eigenvalue weighted by molar-refractivity contribution is 0.0105. The molecule has 2 heteroatoms. The summed E-state index contributed by atoms with van der Waals surface area (Å²) in [7, 11) is 0. The molecule has 0 aromatic carbocycles. The Bertz CT molecular complexity index is 162. The Balaban J connectivity index is 4.04. The summed E-state index contributed by atoms with van der Waals surface area (Å²) in [4.78, 5) is 0. The number of aliphatic hydroxyl groups is 1. The van der Waals surface area contributed by atoms with Crippen molar-refractivity contribution in [2.24, 2.45) is 11.8 Å². The van der Waals surface area contributed by atoms with Crippen LogP contribution in [0, 0.1) is 11.8 Å². The molecule has 92 valence electrons. The number of rotatable bonds is 7.